The van der Waals surface area contributed by atoms with Crippen LogP contribution >= 0.6 is 0 Å². The van der Waals surface area contributed by atoms with Gasteiger partial charge in [0, 0.05) is 13.1 Å². The minimum atomic E-state index is -0.0149. The standard InChI is InChI=1S/C17H36N2O/c1-3-5-6-7-8-9-10-11-12-13-14-16-19-17(20)18-15-4-2/h3-16H2,1-2H3,(H2,18,19,20). The number of amides is 2. The number of rotatable bonds is 14. The lowest BCUT2D eigenvalue weighted by atomic mass is 10.1. The first-order valence-corrected chi connectivity index (χ1v) is 8.83. The number of nitrogens with one attached hydrogen (secondary N) is 2. The SMILES string of the molecule is CCCCCCCCCCCCCNC(=O)NCCC. The van der Waals surface area contributed by atoms with Crippen molar-refractivity contribution in [3.05, 3.63) is 0 Å². The molecule has 20 heavy (non-hydrogen) atoms. The Labute approximate surface area is 126 Å². The van der Waals surface area contributed by atoms with Crippen LogP contribution in [0.3, 0.4) is 0 Å². The van der Waals surface area contributed by atoms with Crippen LogP contribution < -0.4 is 10.6 Å². The monoisotopic (exact) mass is 284 g/mol. The highest BCUT2D eigenvalue weighted by molar-refractivity contribution is 5.73. The number of carbonyl (C=O) groups is 1. The fourth-order valence-electron chi connectivity index (χ4n) is 2.29. The average molecular weight is 284 g/mol. The van der Waals surface area contributed by atoms with Crippen molar-refractivity contribution >= 4 is 6.03 Å². The largest absolute Gasteiger partial charge is 0.338 e. The number of urea groups is 1. The molecule has 0 fully saturated rings. The van der Waals surface area contributed by atoms with Gasteiger partial charge in [-0.3, -0.25) is 0 Å². The van der Waals surface area contributed by atoms with E-state index >= 15 is 0 Å². The van der Waals surface area contributed by atoms with Gasteiger partial charge in [-0.15, -0.1) is 0 Å². The summed E-state index contributed by atoms with van der Waals surface area (Å²) in [6.45, 7) is 5.91. The Morgan fingerprint density at radius 2 is 1.05 bits per heavy atom. The molecule has 120 valence electrons. The van der Waals surface area contributed by atoms with E-state index < -0.39 is 0 Å². The van der Waals surface area contributed by atoms with E-state index in [1.54, 1.807) is 0 Å². The first-order chi connectivity index (χ1) is 9.81. The molecule has 0 heterocycles. The zero-order valence-electron chi connectivity index (χ0n) is 13.8. The number of unbranched alkanes of at least 4 members (excludes halogenated alkanes) is 10. The average Bonchev–Trinajstić information content (AvgIpc) is 2.46. The summed E-state index contributed by atoms with van der Waals surface area (Å²) in [6.07, 6.45) is 15.8. The third-order valence-electron chi connectivity index (χ3n) is 3.60. The van der Waals surface area contributed by atoms with Gasteiger partial charge in [-0.05, 0) is 12.8 Å². The molecule has 0 aromatic carbocycles. The van der Waals surface area contributed by atoms with Crippen LogP contribution in [0.2, 0.25) is 0 Å². The molecular weight excluding hydrogens is 248 g/mol. The van der Waals surface area contributed by atoms with E-state index in [9.17, 15) is 4.79 Å². The van der Waals surface area contributed by atoms with Crippen molar-refractivity contribution in [3.8, 4) is 0 Å². The lowest BCUT2D eigenvalue weighted by Gasteiger charge is -2.06. The van der Waals surface area contributed by atoms with Crippen LogP contribution in [0.5, 0.6) is 0 Å². The second-order valence-electron chi connectivity index (χ2n) is 5.72. The van der Waals surface area contributed by atoms with Gasteiger partial charge in [0.05, 0.1) is 0 Å². The maximum absolute atomic E-state index is 11.3. The predicted octanol–water partition coefficient (Wildman–Crippen LogP) is 5.01. The minimum absolute atomic E-state index is 0.0149. The Kier molecular flexibility index (Phi) is 15.7. The zero-order chi connectivity index (χ0) is 14.9. The van der Waals surface area contributed by atoms with Crippen LogP contribution in [0.25, 0.3) is 0 Å². The van der Waals surface area contributed by atoms with Crippen LogP contribution in [-0.2, 0) is 0 Å². The van der Waals surface area contributed by atoms with E-state index in [1.807, 2.05) is 0 Å². The molecule has 2 N–H and O–H groups in total. The van der Waals surface area contributed by atoms with Crippen LogP contribution in [0.4, 0.5) is 4.79 Å². The Bertz CT molecular complexity index is 207. The Morgan fingerprint density at radius 3 is 1.55 bits per heavy atom. The number of hydrogen-bond donors (Lipinski definition) is 2. The van der Waals surface area contributed by atoms with Gasteiger partial charge in [-0.25, -0.2) is 4.79 Å². The van der Waals surface area contributed by atoms with Crippen molar-refractivity contribution in [3.63, 3.8) is 0 Å². The highest BCUT2D eigenvalue weighted by atomic mass is 16.2. The molecule has 0 aromatic heterocycles. The summed E-state index contributed by atoms with van der Waals surface area (Å²) < 4.78 is 0. The Balaban J connectivity index is 3.04. The van der Waals surface area contributed by atoms with Gasteiger partial charge in [0.1, 0.15) is 0 Å². The van der Waals surface area contributed by atoms with E-state index in [4.69, 9.17) is 0 Å². The highest BCUT2D eigenvalue weighted by Gasteiger charge is 1.97. The normalized spacial score (nSPS) is 10.5. The summed E-state index contributed by atoms with van der Waals surface area (Å²) in [4.78, 5) is 11.3. The molecule has 0 saturated carbocycles. The predicted molar refractivity (Wildman–Crippen MR) is 88.2 cm³/mol. The topological polar surface area (TPSA) is 41.1 Å². The Morgan fingerprint density at radius 1 is 0.600 bits per heavy atom. The number of hydrogen-bond acceptors (Lipinski definition) is 1. The van der Waals surface area contributed by atoms with Crippen LogP contribution in [0.15, 0.2) is 0 Å². The summed E-state index contributed by atoms with van der Waals surface area (Å²) in [6, 6.07) is -0.0149. The summed E-state index contributed by atoms with van der Waals surface area (Å²) in [5.41, 5.74) is 0. The van der Waals surface area contributed by atoms with Gasteiger partial charge in [0.15, 0.2) is 0 Å². The molecule has 0 aliphatic heterocycles. The van der Waals surface area contributed by atoms with Crippen molar-refractivity contribution in [2.75, 3.05) is 13.1 Å². The Hall–Kier alpha value is -0.730. The molecule has 0 rings (SSSR count). The van der Waals surface area contributed by atoms with Crippen LogP contribution in [0.1, 0.15) is 90.9 Å². The quantitative estimate of drug-likeness (QED) is 0.433. The first-order valence-electron chi connectivity index (χ1n) is 8.83. The molecule has 0 radical (unpaired) electrons. The first kappa shape index (κ1) is 19.3. The van der Waals surface area contributed by atoms with Gasteiger partial charge in [0.25, 0.3) is 0 Å². The van der Waals surface area contributed by atoms with E-state index in [1.165, 1.54) is 64.2 Å². The molecule has 0 aromatic rings. The fourth-order valence-corrected chi connectivity index (χ4v) is 2.29. The summed E-state index contributed by atoms with van der Waals surface area (Å²) in [5.74, 6) is 0. The van der Waals surface area contributed by atoms with Crippen LogP contribution in [0, 0.1) is 0 Å². The molecule has 0 spiro atoms. The van der Waals surface area contributed by atoms with Gasteiger partial charge in [0.2, 0.25) is 0 Å². The van der Waals surface area contributed by atoms with Crippen molar-refractivity contribution in [1.29, 1.82) is 0 Å². The second kappa shape index (κ2) is 16.3. The molecule has 0 bridgehead atoms. The third kappa shape index (κ3) is 15.3. The molecule has 3 nitrogen and oxygen atoms in total. The molecule has 0 atom stereocenters. The zero-order valence-corrected chi connectivity index (χ0v) is 13.8. The van der Waals surface area contributed by atoms with Crippen molar-refractivity contribution < 1.29 is 4.79 Å². The maximum Gasteiger partial charge on any atom is 0.314 e. The lowest BCUT2D eigenvalue weighted by molar-refractivity contribution is 0.240. The smallest absolute Gasteiger partial charge is 0.314 e. The molecule has 3 heteroatoms. The van der Waals surface area contributed by atoms with E-state index in [2.05, 4.69) is 24.5 Å². The molecule has 0 aliphatic carbocycles. The summed E-state index contributed by atoms with van der Waals surface area (Å²) >= 11 is 0. The summed E-state index contributed by atoms with van der Waals surface area (Å²) in [7, 11) is 0. The third-order valence-corrected chi connectivity index (χ3v) is 3.60. The molecular formula is C17H36N2O. The highest BCUT2D eigenvalue weighted by Crippen LogP contribution is 2.10. The molecule has 2 amide bonds. The fraction of sp³-hybridized carbons (Fsp3) is 0.941. The minimum Gasteiger partial charge on any atom is -0.338 e. The summed E-state index contributed by atoms with van der Waals surface area (Å²) in [5, 5.41) is 5.72. The molecule has 0 unspecified atom stereocenters. The van der Waals surface area contributed by atoms with Crippen molar-refractivity contribution in [1.82, 2.24) is 10.6 Å². The number of carbonyl (C=O) groups excluding carboxylic acids is 1. The second-order valence-corrected chi connectivity index (χ2v) is 5.72. The van der Waals surface area contributed by atoms with Crippen molar-refractivity contribution in [2.24, 2.45) is 0 Å². The van der Waals surface area contributed by atoms with Crippen LogP contribution in [-0.4, -0.2) is 19.1 Å². The van der Waals surface area contributed by atoms with Gasteiger partial charge < -0.3 is 10.6 Å². The lowest BCUT2D eigenvalue weighted by Crippen LogP contribution is -2.36. The van der Waals surface area contributed by atoms with Crippen molar-refractivity contribution in [2.45, 2.75) is 90.9 Å². The van der Waals surface area contributed by atoms with Gasteiger partial charge in [-0.2, -0.15) is 0 Å². The molecule has 0 saturated heterocycles. The van der Waals surface area contributed by atoms with Gasteiger partial charge in [-0.1, -0.05) is 78.1 Å². The van der Waals surface area contributed by atoms with Gasteiger partial charge >= 0.3 is 6.03 Å². The van der Waals surface area contributed by atoms with E-state index in [0.29, 0.717) is 0 Å². The van der Waals surface area contributed by atoms with E-state index in [-0.39, 0.29) is 6.03 Å². The van der Waals surface area contributed by atoms with E-state index in [0.717, 1.165) is 25.9 Å². The maximum atomic E-state index is 11.3. The molecule has 0 aliphatic rings.